The summed E-state index contributed by atoms with van der Waals surface area (Å²) in [5, 5.41) is 2.92. The molecule has 0 spiro atoms. The van der Waals surface area contributed by atoms with Crippen molar-refractivity contribution < 1.29 is 17.9 Å². The highest BCUT2D eigenvalue weighted by molar-refractivity contribution is 7.92. The Balaban J connectivity index is 1.55. The molecular weight excluding hydrogens is 426 g/mol. The Morgan fingerprint density at radius 1 is 1.12 bits per heavy atom. The molecule has 3 rings (SSSR count). The summed E-state index contributed by atoms with van der Waals surface area (Å²) in [4.78, 5) is 15.1. The number of aryl methyl sites for hydroxylation is 2. The topological polar surface area (TPSA) is 87.7 Å². The molecule has 2 N–H and O–H groups in total. The molecule has 32 heavy (non-hydrogen) atoms. The van der Waals surface area contributed by atoms with Crippen LogP contribution < -0.4 is 10.0 Å². The molecule has 1 aliphatic heterocycles. The molecule has 8 heteroatoms. The van der Waals surface area contributed by atoms with Gasteiger partial charge in [0.1, 0.15) is 0 Å². The summed E-state index contributed by atoms with van der Waals surface area (Å²) in [5.74, 6) is 0.382. The van der Waals surface area contributed by atoms with Crippen LogP contribution in [0.25, 0.3) is 0 Å². The van der Waals surface area contributed by atoms with Crippen molar-refractivity contribution >= 4 is 21.6 Å². The maximum Gasteiger partial charge on any atom is 0.261 e. The summed E-state index contributed by atoms with van der Waals surface area (Å²) in [6.45, 7) is 12.0. The van der Waals surface area contributed by atoms with Gasteiger partial charge in [0.2, 0.25) is 0 Å². The summed E-state index contributed by atoms with van der Waals surface area (Å²) in [5.41, 5.74) is 2.81. The van der Waals surface area contributed by atoms with E-state index in [1.165, 1.54) is 0 Å². The van der Waals surface area contributed by atoms with E-state index in [-0.39, 0.29) is 16.9 Å². The van der Waals surface area contributed by atoms with Gasteiger partial charge in [-0.3, -0.25) is 14.4 Å². The molecule has 1 unspecified atom stereocenters. The number of nitrogens with one attached hydrogen (secondary N) is 2. The van der Waals surface area contributed by atoms with Crippen LogP contribution in [0.2, 0.25) is 0 Å². The summed E-state index contributed by atoms with van der Waals surface area (Å²) in [6, 6.07) is 11.4. The van der Waals surface area contributed by atoms with Crippen molar-refractivity contribution in [2.45, 2.75) is 38.7 Å². The minimum atomic E-state index is -3.70. The Labute approximate surface area is 191 Å². The van der Waals surface area contributed by atoms with Gasteiger partial charge in [0.25, 0.3) is 15.9 Å². The SMILES string of the molecule is Cc1ccc(S(=O)(=O)Nc2ccc(C(=O)NCC3CN(CC(C)C)CCO3)cc2)cc1C. The first-order valence-electron chi connectivity index (χ1n) is 11.0. The average molecular weight is 460 g/mol. The van der Waals surface area contributed by atoms with E-state index in [9.17, 15) is 13.2 Å². The number of hydrogen-bond donors (Lipinski definition) is 2. The molecule has 0 aromatic heterocycles. The molecule has 2 aromatic rings. The van der Waals surface area contributed by atoms with Crippen molar-refractivity contribution in [2.75, 3.05) is 37.5 Å². The van der Waals surface area contributed by atoms with Crippen LogP contribution >= 0.6 is 0 Å². The highest BCUT2D eigenvalue weighted by atomic mass is 32.2. The average Bonchev–Trinajstić information content (AvgIpc) is 2.74. The standard InChI is InChI=1S/C24H33N3O4S/c1-17(2)15-27-11-12-31-22(16-27)14-25-24(28)20-6-8-21(9-7-20)26-32(29,30)23-10-5-18(3)19(4)13-23/h5-10,13,17,22,26H,11-12,14-16H2,1-4H3,(H,25,28). The lowest BCUT2D eigenvalue weighted by Gasteiger charge is -2.33. The molecule has 1 heterocycles. The van der Waals surface area contributed by atoms with E-state index in [1.807, 2.05) is 13.8 Å². The summed E-state index contributed by atoms with van der Waals surface area (Å²) in [6.07, 6.45) is -0.0319. The number of hydrogen-bond acceptors (Lipinski definition) is 5. The lowest BCUT2D eigenvalue weighted by molar-refractivity contribution is -0.0295. The van der Waals surface area contributed by atoms with E-state index >= 15 is 0 Å². The second kappa shape index (κ2) is 10.5. The van der Waals surface area contributed by atoms with Crippen molar-refractivity contribution in [1.29, 1.82) is 0 Å². The summed E-state index contributed by atoms with van der Waals surface area (Å²) in [7, 11) is -3.70. The highest BCUT2D eigenvalue weighted by Crippen LogP contribution is 2.19. The smallest absolute Gasteiger partial charge is 0.261 e. The molecular formula is C24H33N3O4S. The molecule has 1 atom stereocenters. The Hall–Kier alpha value is -2.42. The second-order valence-electron chi connectivity index (χ2n) is 8.79. The zero-order chi connectivity index (χ0) is 23.3. The molecule has 0 saturated carbocycles. The fraction of sp³-hybridized carbons (Fsp3) is 0.458. The van der Waals surface area contributed by atoms with Crippen LogP contribution in [0.15, 0.2) is 47.4 Å². The van der Waals surface area contributed by atoms with Gasteiger partial charge in [-0.2, -0.15) is 0 Å². The zero-order valence-corrected chi connectivity index (χ0v) is 20.0. The lowest BCUT2D eigenvalue weighted by atomic mass is 10.1. The number of rotatable bonds is 8. The Bertz CT molecular complexity index is 1040. The third kappa shape index (κ3) is 6.54. The molecule has 1 saturated heterocycles. The number of morpholine rings is 1. The van der Waals surface area contributed by atoms with Crippen LogP contribution in [-0.2, 0) is 14.8 Å². The molecule has 1 aliphatic rings. The third-order valence-corrected chi connectivity index (χ3v) is 6.90. The first-order valence-corrected chi connectivity index (χ1v) is 12.4. The van der Waals surface area contributed by atoms with Crippen molar-refractivity contribution in [2.24, 2.45) is 5.92 Å². The second-order valence-corrected chi connectivity index (χ2v) is 10.5. The van der Waals surface area contributed by atoms with Crippen LogP contribution in [0, 0.1) is 19.8 Å². The number of ether oxygens (including phenoxy) is 1. The van der Waals surface area contributed by atoms with Crippen LogP contribution in [0.1, 0.15) is 35.3 Å². The van der Waals surface area contributed by atoms with Gasteiger partial charge in [0, 0.05) is 37.4 Å². The van der Waals surface area contributed by atoms with Crippen LogP contribution in [0.4, 0.5) is 5.69 Å². The van der Waals surface area contributed by atoms with Crippen LogP contribution in [0.3, 0.4) is 0 Å². The quantitative estimate of drug-likeness (QED) is 0.633. The van der Waals surface area contributed by atoms with Crippen LogP contribution in [0.5, 0.6) is 0 Å². The molecule has 0 radical (unpaired) electrons. The summed E-state index contributed by atoms with van der Waals surface area (Å²) >= 11 is 0. The maximum atomic E-state index is 12.6. The Kier molecular flexibility index (Phi) is 7.92. The van der Waals surface area contributed by atoms with Crippen molar-refractivity contribution in [3.05, 3.63) is 59.2 Å². The molecule has 0 aliphatic carbocycles. The number of anilines is 1. The molecule has 2 aromatic carbocycles. The summed E-state index contributed by atoms with van der Waals surface area (Å²) < 4.78 is 33.6. The number of carbonyl (C=O) groups is 1. The molecule has 7 nitrogen and oxygen atoms in total. The maximum absolute atomic E-state index is 12.6. The first kappa shape index (κ1) is 24.2. The molecule has 0 bridgehead atoms. The Morgan fingerprint density at radius 3 is 2.50 bits per heavy atom. The minimum absolute atomic E-state index is 0.0319. The number of sulfonamides is 1. The van der Waals surface area contributed by atoms with Gasteiger partial charge in [-0.1, -0.05) is 19.9 Å². The van der Waals surface area contributed by atoms with Gasteiger partial charge in [-0.25, -0.2) is 8.42 Å². The van der Waals surface area contributed by atoms with E-state index in [1.54, 1.807) is 42.5 Å². The van der Waals surface area contributed by atoms with Gasteiger partial charge in [-0.05, 0) is 67.3 Å². The van der Waals surface area contributed by atoms with E-state index < -0.39 is 10.0 Å². The van der Waals surface area contributed by atoms with Gasteiger partial charge >= 0.3 is 0 Å². The monoisotopic (exact) mass is 459 g/mol. The number of benzene rings is 2. The molecule has 1 amide bonds. The fourth-order valence-corrected chi connectivity index (χ4v) is 4.82. The Morgan fingerprint density at radius 2 is 1.84 bits per heavy atom. The van der Waals surface area contributed by atoms with Gasteiger partial charge < -0.3 is 10.1 Å². The first-order chi connectivity index (χ1) is 15.1. The zero-order valence-electron chi connectivity index (χ0n) is 19.2. The van der Waals surface area contributed by atoms with Gasteiger partial charge in [0.05, 0.1) is 17.6 Å². The fourth-order valence-electron chi connectivity index (χ4n) is 3.68. The predicted molar refractivity (Wildman–Crippen MR) is 127 cm³/mol. The normalized spacial score (nSPS) is 17.3. The van der Waals surface area contributed by atoms with E-state index in [4.69, 9.17) is 4.74 Å². The number of carbonyl (C=O) groups excluding carboxylic acids is 1. The van der Waals surface area contributed by atoms with Crippen molar-refractivity contribution in [1.82, 2.24) is 10.2 Å². The highest BCUT2D eigenvalue weighted by Gasteiger charge is 2.22. The van der Waals surface area contributed by atoms with E-state index in [0.717, 1.165) is 30.8 Å². The largest absolute Gasteiger partial charge is 0.374 e. The van der Waals surface area contributed by atoms with E-state index in [0.29, 0.717) is 30.3 Å². The van der Waals surface area contributed by atoms with E-state index in [2.05, 4.69) is 28.8 Å². The van der Waals surface area contributed by atoms with Crippen LogP contribution in [-0.4, -0.2) is 58.1 Å². The molecule has 1 fully saturated rings. The third-order valence-electron chi connectivity index (χ3n) is 5.52. The lowest BCUT2D eigenvalue weighted by Crippen LogP contribution is -2.48. The van der Waals surface area contributed by atoms with Crippen molar-refractivity contribution in [3.63, 3.8) is 0 Å². The van der Waals surface area contributed by atoms with Gasteiger partial charge in [-0.15, -0.1) is 0 Å². The van der Waals surface area contributed by atoms with Crippen molar-refractivity contribution in [3.8, 4) is 0 Å². The van der Waals surface area contributed by atoms with Gasteiger partial charge in [0.15, 0.2) is 0 Å². The molecule has 174 valence electrons. The minimum Gasteiger partial charge on any atom is -0.374 e. The predicted octanol–water partition coefficient (Wildman–Crippen LogP) is 3.19. The number of nitrogens with zero attached hydrogens (tertiary/aromatic N) is 1. The number of amides is 1.